The van der Waals surface area contributed by atoms with Gasteiger partial charge in [-0.3, -0.25) is 4.57 Å². The summed E-state index contributed by atoms with van der Waals surface area (Å²) in [5, 5.41) is 9.40. The van der Waals surface area contributed by atoms with Gasteiger partial charge in [0, 0.05) is 32.7 Å². The van der Waals surface area contributed by atoms with Crippen LogP contribution in [0.1, 0.15) is 0 Å². The lowest BCUT2D eigenvalue weighted by Crippen LogP contribution is -2.74. The van der Waals surface area contributed by atoms with Crippen molar-refractivity contribution in [1.82, 2.24) is 19.5 Å². The summed E-state index contributed by atoms with van der Waals surface area (Å²) in [5.41, 5.74) is 10.2. The normalized spacial score (nSPS) is 11.8. The first-order chi connectivity index (χ1) is 34.2. The third-order valence-corrected chi connectivity index (χ3v) is 18.4. The number of para-hydroxylation sites is 2. The fourth-order valence-electron chi connectivity index (χ4n) is 10.4. The van der Waals surface area contributed by atoms with Gasteiger partial charge in [-0.2, -0.15) is 9.97 Å². The SMILES string of the molecule is c1ccc(-c2cccc([Si](c3ccccc3)(c3ccccc3)c3cccc(-c4nc(-c5ccc6oc7ccccc7c6c5)nc(-n5c6ccccc6c6cc(-c7ccccc7)ccc65)n4)c3)c2)cc1. The van der Waals surface area contributed by atoms with Crippen molar-refractivity contribution in [1.29, 1.82) is 0 Å². The molecule has 3 aromatic heterocycles. The predicted octanol–water partition coefficient (Wildman–Crippen LogP) is 12.9. The van der Waals surface area contributed by atoms with Crippen molar-refractivity contribution in [3.8, 4) is 51.0 Å². The topological polar surface area (TPSA) is 56.7 Å². The van der Waals surface area contributed by atoms with Crippen molar-refractivity contribution in [2.75, 3.05) is 0 Å². The largest absolute Gasteiger partial charge is 0.456 e. The minimum atomic E-state index is -3.01. The van der Waals surface area contributed by atoms with Crippen LogP contribution in [0.5, 0.6) is 0 Å². The van der Waals surface area contributed by atoms with Crippen LogP contribution in [0.15, 0.2) is 259 Å². The number of fused-ring (bicyclic) bond motifs is 6. The number of benzene rings is 10. The molecule has 6 heteroatoms. The van der Waals surface area contributed by atoms with Crippen molar-refractivity contribution in [2.45, 2.75) is 0 Å². The lowest BCUT2D eigenvalue weighted by atomic mass is 10.0. The first-order valence-electron chi connectivity index (χ1n) is 23.3. The smallest absolute Gasteiger partial charge is 0.238 e. The van der Waals surface area contributed by atoms with Gasteiger partial charge >= 0.3 is 0 Å². The summed E-state index contributed by atoms with van der Waals surface area (Å²) in [6, 6.07) is 91.2. The maximum atomic E-state index is 6.29. The fraction of sp³-hybridized carbons (Fsp3) is 0. The van der Waals surface area contributed by atoms with Gasteiger partial charge in [0.25, 0.3) is 0 Å². The minimum absolute atomic E-state index is 0.543. The van der Waals surface area contributed by atoms with Crippen molar-refractivity contribution < 1.29 is 4.42 Å². The fourth-order valence-corrected chi connectivity index (χ4v) is 15.2. The molecule has 0 spiro atoms. The van der Waals surface area contributed by atoms with Crippen LogP contribution in [-0.4, -0.2) is 27.6 Å². The van der Waals surface area contributed by atoms with Crippen LogP contribution in [0, 0.1) is 0 Å². The van der Waals surface area contributed by atoms with Gasteiger partial charge in [0.1, 0.15) is 11.2 Å². The molecule has 0 saturated heterocycles. The average molecular weight is 899 g/mol. The highest BCUT2D eigenvalue weighted by molar-refractivity contribution is 7.20. The van der Waals surface area contributed by atoms with E-state index in [1.807, 2.05) is 24.3 Å². The van der Waals surface area contributed by atoms with Gasteiger partial charge in [0.05, 0.1) is 11.0 Å². The molecular formula is C63H42N4OSi. The van der Waals surface area contributed by atoms with Crippen LogP contribution in [-0.2, 0) is 0 Å². The summed E-state index contributed by atoms with van der Waals surface area (Å²) in [5.74, 6) is 1.70. The summed E-state index contributed by atoms with van der Waals surface area (Å²) in [6.45, 7) is 0. The highest BCUT2D eigenvalue weighted by atomic mass is 28.3. The molecule has 0 aliphatic heterocycles. The van der Waals surface area contributed by atoms with E-state index in [0.29, 0.717) is 17.6 Å². The number of nitrogens with zero attached hydrogens (tertiary/aromatic N) is 4. The molecule has 0 saturated carbocycles. The third kappa shape index (κ3) is 6.88. The molecule has 69 heavy (non-hydrogen) atoms. The maximum Gasteiger partial charge on any atom is 0.238 e. The summed E-state index contributed by atoms with van der Waals surface area (Å²) in [4.78, 5) is 16.3. The van der Waals surface area contributed by atoms with Gasteiger partial charge in [-0.05, 0) is 85.5 Å². The van der Waals surface area contributed by atoms with E-state index >= 15 is 0 Å². The molecule has 5 nitrogen and oxygen atoms in total. The second kappa shape index (κ2) is 16.7. The average Bonchev–Trinajstić information content (AvgIpc) is 3.97. The third-order valence-electron chi connectivity index (χ3n) is 13.6. The molecule has 0 unspecified atom stereocenters. The number of hydrogen-bond donors (Lipinski definition) is 0. The second-order valence-electron chi connectivity index (χ2n) is 17.6. The standard InChI is InChI=1S/C63H42N4OSi/c1-5-19-43(20-6-1)45-23-17-29-51(39-45)69(49-25-9-3-10-26-49,50-27-11-4-12-28-50)52-30-18-24-47(40-52)61-64-62(48-36-38-60-56(42-48)54-32-14-16-34-59(54)68-60)66-63(65-61)67-57-33-15-13-31-53(57)55-41-46(35-37-58(55)67)44-21-7-2-8-22-44/h1-42H. The molecule has 0 radical (unpaired) electrons. The molecule has 0 aliphatic rings. The lowest BCUT2D eigenvalue weighted by Gasteiger charge is -2.35. The molecule has 13 aromatic rings. The molecule has 324 valence electrons. The number of hydrogen-bond acceptors (Lipinski definition) is 4. The molecule has 3 heterocycles. The molecule has 0 amide bonds. The van der Waals surface area contributed by atoms with E-state index in [4.69, 9.17) is 19.4 Å². The quantitative estimate of drug-likeness (QED) is 0.107. The zero-order valence-electron chi connectivity index (χ0n) is 37.4. The van der Waals surface area contributed by atoms with E-state index < -0.39 is 8.07 Å². The lowest BCUT2D eigenvalue weighted by molar-refractivity contribution is 0.669. The maximum absolute atomic E-state index is 6.29. The van der Waals surface area contributed by atoms with Crippen molar-refractivity contribution in [3.05, 3.63) is 255 Å². The molecule has 0 bridgehead atoms. The van der Waals surface area contributed by atoms with Crippen LogP contribution in [0.4, 0.5) is 0 Å². The summed E-state index contributed by atoms with van der Waals surface area (Å²) < 4.78 is 8.49. The molecular weight excluding hydrogens is 857 g/mol. The first kappa shape index (κ1) is 40.3. The first-order valence-corrected chi connectivity index (χ1v) is 25.3. The Labute approximate surface area is 400 Å². The summed E-state index contributed by atoms with van der Waals surface area (Å²) in [6.07, 6.45) is 0. The van der Waals surface area contributed by atoms with Crippen molar-refractivity contribution in [3.63, 3.8) is 0 Å². The van der Waals surface area contributed by atoms with Crippen molar-refractivity contribution >= 4 is 72.6 Å². The van der Waals surface area contributed by atoms with Crippen LogP contribution < -0.4 is 20.7 Å². The highest BCUT2D eigenvalue weighted by Crippen LogP contribution is 2.36. The molecule has 0 atom stereocenters. The van der Waals surface area contributed by atoms with E-state index in [2.05, 4.69) is 235 Å². The highest BCUT2D eigenvalue weighted by Gasteiger charge is 2.42. The number of rotatable bonds is 9. The van der Waals surface area contributed by atoms with Crippen LogP contribution in [0.3, 0.4) is 0 Å². The van der Waals surface area contributed by atoms with Gasteiger partial charge < -0.3 is 4.42 Å². The second-order valence-corrected chi connectivity index (χ2v) is 21.4. The number of furan rings is 1. The van der Waals surface area contributed by atoms with Gasteiger partial charge in [-0.25, -0.2) is 4.98 Å². The van der Waals surface area contributed by atoms with Gasteiger partial charge in [-0.15, -0.1) is 0 Å². The van der Waals surface area contributed by atoms with E-state index in [1.54, 1.807) is 0 Å². The van der Waals surface area contributed by atoms with E-state index in [9.17, 15) is 0 Å². The Morgan fingerprint density at radius 3 is 1.41 bits per heavy atom. The van der Waals surface area contributed by atoms with Gasteiger partial charge in [-0.1, -0.05) is 212 Å². The Bertz CT molecular complexity index is 3980. The molecule has 0 fully saturated rings. The van der Waals surface area contributed by atoms with Crippen LogP contribution >= 0.6 is 0 Å². The Morgan fingerprint density at radius 2 is 0.739 bits per heavy atom. The molecule has 0 N–H and O–H groups in total. The predicted molar refractivity (Wildman–Crippen MR) is 287 cm³/mol. The van der Waals surface area contributed by atoms with Crippen molar-refractivity contribution in [2.24, 2.45) is 0 Å². The van der Waals surface area contributed by atoms with Gasteiger partial charge in [0.15, 0.2) is 19.7 Å². The van der Waals surface area contributed by atoms with E-state index in [1.165, 1.54) is 37.4 Å². The molecule has 0 aliphatic carbocycles. The number of aromatic nitrogens is 4. The van der Waals surface area contributed by atoms with Gasteiger partial charge in [0.2, 0.25) is 5.95 Å². The summed E-state index contributed by atoms with van der Waals surface area (Å²) >= 11 is 0. The Morgan fingerprint density at radius 1 is 0.290 bits per heavy atom. The van der Waals surface area contributed by atoms with E-state index in [-0.39, 0.29) is 0 Å². The Kier molecular flexibility index (Phi) is 9.77. The summed E-state index contributed by atoms with van der Waals surface area (Å²) in [7, 11) is -3.01. The zero-order valence-corrected chi connectivity index (χ0v) is 38.4. The Hall–Kier alpha value is -8.97. The van der Waals surface area contributed by atoms with E-state index in [0.717, 1.165) is 60.4 Å². The monoisotopic (exact) mass is 898 g/mol. The minimum Gasteiger partial charge on any atom is -0.456 e. The molecule has 13 rings (SSSR count). The zero-order chi connectivity index (χ0) is 45.7. The Balaban J connectivity index is 1.06. The molecule has 10 aromatic carbocycles. The van der Waals surface area contributed by atoms with Crippen LogP contribution in [0.25, 0.3) is 94.7 Å². The van der Waals surface area contributed by atoms with Crippen LogP contribution in [0.2, 0.25) is 0 Å².